The summed E-state index contributed by atoms with van der Waals surface area (Å²) in [5, 5.41) is 19.4. The van der Waals surface area contributed by atoms with Crippen LogP contribution in [-0.4, -0.2) is 0 Å². The normalized spacial score (nSPS) is 11.6. The molecule has 39 heavy (non-hydrogen) atoms. The Kier molecular flexibility index (Phi) is 4.82. The molecule has 1 aromatic heterocycles. The minimum atomic E-state index is 0.699. The number of hydrogen-bond donors (Lipinski definition) is 0. The molecule has 0 bridgehead atoms. The largest absolute Gasteiger partial charge is 0.192 e. The molecular formula is C37H21NS. The first-order valence-electron chi connectivity index (χ1n) is 13.1. The molecule has 180 valence electrons. The molecule has 2 heteroatoms. The van der Waals surface area contributed by atoms with Gasteiger partial charge in [0.05, 0.1) is 11.6 Å². The third kappa shape index (κ3) is 3.38. The molecule has 1 nitrogen and oxygen atoms in total. The van der Waals surface area contributed by atoms with E-state index in [0.717, 1.165) is 5.39 Å². The molecule has 0 fully saturated rings. The highest BCUT2D eigenvalue weighted by Gasteiger charge is 2.15. The van der Waals surface area contributed by atoms with Crippen LogP contribution in [0.2, 0.25) is 0 Å². The summed E-state index contributed by atoms with van der Waals surface area (Å²) in [5.74, 6) is 0. The minimum absolute atomic E-state index is 0.699. The van der Waals surface area contributed by atoms with Crippen LogP contribution < -0.4 is 0 Å². The van der Waals surface area contributed by atoms with Gasteiger partial charge in [0.1, 0.15) is 0 Å². The van der Waals surface area contributed by atoms with Gasteiger partial charge in [-0.25, -0.2) is 0 Å². The maximum Gasteiger partial charge on any atom is 0.0991 e. The van der Waals surface area contributed by atoms with Gasteiger partial charge in [-0.1, -0.05) is 84.9 Å². The standard InChI is InChI=1S/C37H21NS/c38-22-23-14-16-36-34(18-23)35-19-25(15-17-37(35)39-36)31-21-33-28-12-6-4-10-26(28)30(24-8-2-1-3-9-24)20-32(33)29-13-7-5-11-27(29)31/h1-21H. The fourth-order valence-corrected chi connectivity index (χ4v) is 7.13. The lowest BCUT2D eigenvalue weighted by Crippen LogP contribution is -1.89. The predicted octanol–water partition coefficient (Wildman–Crippen LogP) is 10.7. The summed E-state index contributed by atoms with van der Waals surface area (Å²) < 4.78 is 2.45. The number of benzene rings is 7. The zero-order valence-corrected chi connectivity index (χ0v) is 21.8. The predicted molar refractivity (Wildman–Crippen MR) is 167 cm³/mol. The van der Waals surface area contributed by atoms with Crippen LogP contribution in [0, 0.1) is 11.3 Å². The second-order valence-corrected chi connectivity index (χ2v) is 11.1. The zero-order chi connectivity index (χ0) is 25.9. The number of nitriles is 1. The van der Waals surface area contributed by atoms with E-state index in [9.17, 15) is 5.26 Å². The highest BCUT2D eigenvalue weighted by atomic mass is 32.1. The fraction of sp³-hybridized carbons (Fsp3) is 0. The van der Waals surface area contributed by atoms with E-state index in [-0.39, 0.29) is 0 Å². The first kappa shape index (κ1) is 22.1. The highest BCUT2D eigenvalue weighted by Crippen LogP contribution is 2.43. The van der Waals surface area contributed by atoms with Crippen molar-refractivity contribution in [1.82, 2.24) is 0 Å². The van der Waals surface area contributed by atoms with Crippen molar-refractivity contribution in [3.05, 3.63) is 133 Å². The van der Waals surface area contributed by atoms with Crippen molar-refractivity contribution in [2.24, 2.45) is 0 Å². The Balaban J connectivity index is 1.47. The molecule has 0 aliphatic rings. The van der Waals surface area contributed by atoms with E-state index < -0.39 is 0 Å². The zero-order valence-electron chi connectivity index (χ0n) is 21.0. The topological polar surface area (TPSA) is 23.8 Å². The Labute approximate surface area is 229 Å². The molecule has 0 radical (unpaired) electrons. The van der Waals surface area contributed by atoms with E-state index in [1.807, 2.05) is 12.1 Å². The van der Waals surface area contributed by atoms with Gasteiger partial charge < -0.3 is 0 Å². The maximum absolute atomic E-state index is 9.49. The molecule has 0 unspecified atom stereocenters. The molecule has 1 heterocycles. The van der Waals surface area contributed by atoms with Crippen LogP contribution in [0.4, 0.5) is 0 Å². The van der Waals surface area contributed by atoms with Crippen molar-refractivity contribution in [3.8, 4) is 28.3 Å². The third-order valence-corrected chi connectivity index (χ3v) is 9.03. The van der Waals surface area contributed by atoms with Gasteiger partial charge in [-0.2, -0.15) is 5.26 Å². The quantitative estimate of drug-likeness (QED) is 0.212. The Bertz CT molecular complexity index is 2280. The van der Waals surface area contributed by atoms with Crippen LogP contribution in [0.5, 0.6) is 0 Å². The Morgan fingerprint density at radius 1 is 0.410 bits per heavy atom. The van der Waals surface area contributed by atoms with Gasteiger partial charge in [0.25, 0.3) is 0 Å². The molecule has 0 spiro atoms. The minimum Gasteiger partial charge on any atom is -0.192 e. The lowest BCUT2D eigenvalue weighted by Gasteiger charge is -2.16. The van der Waals surface area contributed by atoms with E-state index in [1.165, 1.54) is 69.4 Å². The average molecular weight is 512 g/mol. The Hall–Kier alpha value is -4.97. The SMILES string of the molecule is N#Cc1ccc2sc3ccc(-c4cc5c6ccccc6c(-c6ccccc6)cc5c5ccccc45)cc3c2c1. The first-order valence-corrected chi connectivity index (χ1v) is 13.9. The van der Waals surface area contributed by atoms with E-state index in [1.54, 1.807) is 11.3 Å². The number of nitrogens with zero attached hydrogens (tertiary/aromatic N) is 1. The van der Waals surface area contributed by atoms with Crippen molar-refractivity contribution in [2.75, 3.05) is 0 Å². The van der Waals surface area contributed by atoms with E-state index in [4.69, 9.17) is 0 Å². The fourth-order valence-electron chi connectivity index (χ4n) is 6.06. The molecule has 0 atom stereocenters. The maximum atomic E-state index is 9.49. The van der Waals surface area contributed by atoms with E-state index in [2.05, 4.69) is 121 Å². The van der Waals surface area contributed by atoms with Crippen LogP contribution in [0.3, 0.4) is 0 Å². The number of thiophene rings is 1. The monoisotopic (exact) mass is 511 g/mol. The molecule has 0 saturated heterocycles. The number of hydrogen-bond acceptors (Lipinski definition) is 2. The molecule has 0 aliphatic carbocycles. The van der Waals surface area contributed by atoms with Gasteiger partial charge in [-0.15, -0.1) is 11.3 Å². The van der Waals surface area contributed by atoms with E-state index >= 15 is 0 Å². The lowest BCUT2D eigenvalue weighted by molar-refractivity contribution is 1.50. The molecule has 0 amide bonds. The molecular weight excluding hydrogens is 490 g/mol. The van der Waals surface area contributed by atoms with Crippen molar-refractivity contribution in [2.45, 2.75) is 0 Å². The second-order valence-electron chi connectivity index (χ2n) is 10.0. The second kappa shape index (κ2) is 8.53. The van der Waals surface area contributed by atoms with Crippen molar-refractivity contribution in [1.29, 1.82) is 5.26 Å². The van der Waals surface area contributed by atoms with Gasteiger partial charge in [-0.05, 0) is 97.0 Å². The van der Waals surface area contributed by atoms with Crippen molar-refractivity contribution in [3.63, 3.8) is 0 Å². The summed E-state index contributed by atoms with van der Waals surface area (Å²) in [6, 6.07) is 48.1. The van der Waals surface area contributed by atoms with Gasteiger partial charge in [0, 0.05) is 20.2 Å². The van der Waals surface area contributed by atoms with Crippen LogP contribution in [-0.2, 0) is 0 Å². The van der Waals surface area contributed by atoms with Crippen LogP contribution in [0.1, 0.15) is 5.56 Å². The summed E-state index contributed by atoms with van der Waals surface area (Å²) >= 11 is 1.78. The molecule has 0 saturated carbocycles. The van der Waals surface area contributed by atoms with Crippen LogP contribution >= 0.6 is 11.3 Å². The van der Waals surface area contributed by atoms with Gasteiger partial charge in [0.15, 0.2) is 0 Å². The lowest BCUT2D eigenvalue weighted by atomic mass is 9.87. The molecule has 8 aromatic rings. The highest BCUT2D eigenvalue weighted by molar-refractivity contribution is 7.25. The third-order valence-electron chi connectivity index (χ3n) is 7.88. The molecule has 0 N–H and O–H groups in total. The summed E-state index contributed by atoms with van der Waals surface area (Å²) in [5.41, 5.74) is 5.61. The molecule has 7 aromatic carbocycles. The summed E-state index contributed by atoms with van der Waals surface area (Å²) in [6.45, 7) is 0. The van der Waals surface area contributed by atoms with Crippen LogP contribution in [0.15, 0.2) is 127 Å². The Morgan fingerprint density at radius 3 is 1.59 bits per heavy atom. The average Bonchev–Trinajstić information content (AvgIpc) is 3.37. The summed E-state index contributed by atoms with van der Waals surface area (Å²) in [7, 11) is 0. The van der Waals surface area contributed by atoms with Gasteiger partial charge >= 0.3 is 0 Å². The summed E-state index contributed by atoms with van der Waals surface area (Å²) in [6.07, 6.45) is 0. The van der Waals surface area contributed by atoms with Crippen molar-refractivity contribution >= 4 is 63.8 Å². The number of fused-ring (bicyclic) bond motifs is 8. The summed E-state index contributed by atoms with van der Waals surface area (Å²) in [4.78, 5) is 0. The Morgan fingerprint density at radius 2 is 0.949 bits per heavy atom. The van der Waals surface area contributed by atoms with Crippen LogP contribution in [0.25, 0.3) is 74.7 Å². The molecule has 8 rings (SSSR count). The first-order chi connectivity index (χ1) is 19.3. The smallest absolute Gasteiger partial charge is 0.0991 e. The van der Waals surface area contributed by atoms with Gasteiger partial charge in [-0.3, -0.25) is 0 Å². The van der Waals surface area contributed by atoms with Crippen molar-refractivity contribution < 1.29 is 0 Å². The molecule has 0 aliphatic heterocycles. The van der Waals surface area contributed by atoms with E-state index in [0.29, 0.717) is 5.56 Å². The van der Waals surface area contributed by atoms with Gasteiger partial charge in [0.2, 0.25) is 0 Å². The number of rotatable bonds is 2.